The van der Waals surface area contributed by atoms with E-state index >= 15 is 0 Å². The highest BCUT2D eigenvalue weighted by atomic mass is 19.1. The van der Waals surface area contributed by atoms with Gasteiger partial charge in [0.2, 0.25) is 0 Å². The summed E-state index contributed by atoms with van der Waals surface area (Å²) in [4.78, 5) is 30.2. The smallest absolute Gasteiger partial charge is 0.318 e. The van der Waals surface area contributed by atoms with Crippen LogP contribution in [0.2, 0.25) is 0 Å². The van der Waals surface area contributed by atoms with E-state index in [1.807, 2.05) is 18.2 Å². The molecule has 42 heavy (non-hydrogen) atoms. The normalized spacial score (nSPS) is 23.9. The van der Waals surface area contributed by atoms with Crippen LogP contribution in [0.5, 0.6) is 6.01 Å². The first-order valence-corrected chi connectivity index (χ1v) is 14.8. The number of aromatic nitrogens is 2. The highest BCUT2D eigenvalue weighted by Gasteiger charge is 2.36. The maximum absolute atomic E-state index is 15.0. The molecule has 0 N–H and O–H groups in total. The van der Waals surface area contributed by atoms with Crippen molar-refractivity contribution in [1.29, 1.82) is 5.26 Å². The fourth-order valence-electron chi connectivity index (χ4n) is 6.91. The maximum atomic E-state index is 15.0. The molecule has 9 nitrogen and oxygen atoms in total. The van der Waals surface area contributed by atoms with Gasteiger partial charge in [-0.05, 0) is 57.3 Å². The number of likely N-dealkylation sites (tertiary alicyclic amines) is 1. The topological polar surface area (TPSA) is 88.8 Å². The number of ether oxygens (including phenoxy) is 1. The number of benzene rings is 1. The van der Waals surface area contributed by atoms with Gasteiger partial charge in [0, 0.05) is 49.0 Å². The minimum absolute atomic E-state index is 0.0669. The first-order chi connectivity index (χ1) is 20.3. The summed E-state index contributed by atoms with van der Waals surface area (Å²) < 4.78 is 34.9. The van der Waals surface area contributed by atoms with E-state index in [2.05, 4.69) is 34.4 Å². The predicted octanol–water partition coefficient (Wildman–Crippen LogP) is 3.88. The first-order valence-electron chi connectivity index (χ1n) is 14.8. The maximum Gasteiger partial charge on any atom is 0.318 e. The molecule has 4 aliphatic rings. The van der Waals surface area contributed by atoms with Crippen LogP contribution in [-0.2, 0) is 24.2 Å². The number of carbonyl (C=O) groups is 1. The quantitative estimate of drug-likeness (QED) is 0.459. The lowest BCUT2D eigenvalue weighted by Gasteiger charge is -2.42. The van der Waals surface area contributed by atoms with Crippen LogP contribution in [0.25, 0.3) is 0 Å². The second-order valence-electron chi connectivity index (χ2n) is 11.7. The zero-order valence-electron chi connectivity index (χ0n) is 24.1. The predicted molar refractivity (Wildman–Crippen MR) is 155 cm³/mol. The molecule has 0 radical (unpaired) electrons. The number of halogens is 2. The molecule has 3 atom stereocenters. The lowest BCUT2D eigenvalue weighted by molar-refractivity contribution is -0.131. The van der Waals surface area contributed by atoms with Gasteiger partial charge in [-0.1, -0.05) is 18.7 Å². The van der Waals surface area contributed by atoms with Crippen molar-refractivity contribution in [2.45, 2.75) is 63.3 Å². The van der Waals surface area contributed by atoms with Crippen molar-refractivity contribution in [2.24, 2.45) is 0 Å². The number of nitriles is 1. The summed E-state index contributed by atoms with van der Waals surface area (Å²) in [6.45, 7) is 6.86. The highest BCUT2D eigenvalue weighted by Crippen LogP contribution is 2.42. The van der Waals surface area contributed by atoms with Crippen LogP contribution in [0.1, 0.15) is 54.2 Å². The van der Waals surface area contributed by atoms with E-state index in [0.717, 1.165) is 59.7 Å². The Labute approximate surface area is 245 Å². The second-order valence-corrected chi connectivity index (χ2v) is 11.7. The van der Waals surface area contributed by atoms with Crippen molar-refractivity contribution >= 4 is 17.4 Å². The number of carbonyl (C=O) groups excluding carboxylic acids is 1. The number of amides is 1. The zero-order chi connectivity index (χ0) is 29.4. The number of aryl methyl sites for hydroxylation is 1. The van der Waals surface area contributed by atoms with Crippen LogP contribution in [0.15, 0.2) is 30.6 Å². The van der Waals surface area contributed by atoms with E-state index in [9.17, 15) is 18.8 Å². The van der Waals surface area contributed by atoms with Crippen molar-refractivity contribution in [2.75, 3.05) is 56.2 Å². The number of likely N-dealkylation sites (N-methyl/N-ethyl adjacent to an activating group) is 1. The van der Waals surface area contributed by atoms with Gasteiger partial charge in [0.25, 0.3) is 5.91 Å². The van der Waals surface area contributed by atoms with Crippen LogP contribution < -0.4 is 14.5 Å². The minimum Gasteiger partial charge on any atom is -0.462 e. The summed E-state index contributed by atoms with van der Waals surface area (Å²) >= 11 is 0. The van der Waals surface area contributed by atoms with Crippen LogP contribution in [0.4, 0.5) is 20.3 Å². The molecule has 11 heteroatoms. The summed E-state index contributed by atoms with van der Waals surface area (Å²) in [6, 6.07) is 8.24. The summed E-state index contributed by atoms with van der Waals surface area (Å²) in [5.41, 5.74) is 4.62. The molecule has 4 heterocycles. The van der Waals surface area contributed by atoms with Crippen molar-refractivity contribution in [3.8, 4) is 12.1 Å². The molecule has 0 bridgehead atoms. The molecule has 2 fully saturated rings. The van der Waals surface area contributed by atoms with E-state index in [-0.39, 0.29) is 13.0 Å². The fourth-order valence-corrected chi connectivity index (χ4v) is 6.91. The van der Waals surface area contributed by atoms with Crippen molar-refractivity contribution in [1.82, 2.24) is 19.8 Å². The lowest BCUT2D eigenvalue weighted by Crippen LogP contribution is -2.55. The minimum atomic E-state index is -1.03. The lowest BCUT2D eigenvalue weighted by atomic mass is 10.0. The van der Waals surface area contributed by atoms with Crippen LogP contribution >= 0.6 is 0 Å². The summed E-state index contributed by atoms with van der Waals surface area (Å²) in [5, 5.41) is 9.46. The summed E-state index contributed by atoms with van der Waals surface area (Å²) in [6.07, 6.45) is 3.21. The number of hydrogen-bond donors (Lipinski definition) is 0. The van der Waals surface area contributed by atoms with E-state index in [4.69, 9.17) is 14.7 Å². The second kappa shape index (κ2) is 11.8. The van der Waals surface area contributed by atoms with E-state index in [1.165, 1.54) is 4.90 Å². The van der Waals surface area contributed by atoms with Gasteiger partial charge in [0.05, 0.1) is 30.8 Å². The first kappa shape index (κ1) is 28.3. The largest absolute Gasteiger partial charge is 0.462 e. The molecule has 2 saturated heterocycles. The Morgan fingerprint density at radius 3 is 2.76 bits per heavy atom. The number of alkyl halides is 1. The van der Waals surface area contributed by atoms with E-state index in [1.54, 1.807) is 0 Å². The number of rotatable bonds is 7. The fraction of sp³-hybridized carbons (Fsp3) is 0.548. The van der Waals surface area contributed by atoms with E-state index in [0.29, 0.717) is 57.7 Å². The molecule has 6 rings (SSSR count). The number of anilines is 2. The third kappa shape index (κ3) is 5.40. The Bertz CT molecular complexity index is 1410. The third-order valence-electron chi connectivity index (χ3n) is 9.20. The average Bonchev–Trinajstić information content (AvgIpc) is 3.59. The Kier molecular flexibility index (Phi) is 7.99. The molecule has 2 aromatic rings. The number of piperazine rings is 1. The molecule has 0 spiro atoms. The SMILES string of the molecule is C=C(F)C(=O)N1CCN(c2nc(OC[C@@H]3CCCN3C)nc3c2CCN(c2cccc4c2[C@@H](F)CC4)C3)C[C@@H]1CC#N. The van der Waals surface area contributed by atoms with Gasteiger partial charge in [-0.25, -0.2) is 8.78 Å². The van der Waals surface area contributed by atoms with Gasteiger partial charge in [-0.3, -0.25) is 4.79 Å². The molecule has 1 aliphatic carbocycles. The van der Waals surface area contributed by atoms with Gasteiger partial charge < -0.3 is 24.3 Å². The Morgan fingerprint density at radius 2 is 2.00 bits per heavy atom. The monoisotopic (exact) mass is 577 g/mol. The van der Waals surface area contributed by atoms with Crippen LogP contribution in [0, 0.1) is 11.3 Å². The van der Waals surface area contributed by atoms with Gasteiger partial charge >= 0.3 is 6.01 Å². The molecule has 1 aromatic heterocycles. The molecule has 222 valence electrons. The molecular weight excluding hydrogens is 540 g/mol. The standard InChI is InChI=1S/C31H37F2N7O2/c1-20(32)30(41)40-16-15-39(17-22(40)10-12-34)29-24-11-14-38(27-7-3-5-21-8-9-25(33)28(21)27)18-26(24)35-31(36-29)42-19-23-6-4-13-37(23)2/h3,5,7,22-23,25H,1,4,6,8-11,13-19H2,2H3/t22-,23-,25-/m0/s1. The van der Waals surface area contributed by atoms with Gasteiger partial charge in [0.1, 0.15) is 18.6 Å². The Balaban J connectivity index is 1.31. The average molecular weight is 578 g/mol. The summed E-state index contributed by atoms with van der Waals surface area (Å²) in [7, 11) is 2.09. The zero-order valence-corrected chi connectivity index (χ0v) is 24.1. The number of fused-ring (bicyclic) bond motifs is 2. The summed E-state index contributed by atoms with van der Waals surface area (Å²) in [5.74, 6) is -1.08. The third-order valence-corrected chi connectivity index (χ3v) is 9.20. The molecule has 3 aliphatic heterocycles. The van der Waals surface area contributed by atoms with Crippen molar-refractivity contribution < 1.29 is 18.3 Å². The molecule has 1 amide bonds. The van der Waals surface area contributed by atoms with Gasteiger partial charge in [0.15, 0.2) is 5.83 Å². The number of nitrogens with zero attached hydrogens (tertiary/aromatic N) is 7. The van der Waals surface area contributed by atoms with E-state index < -0.39 is 23.9 Å². The van der Waals surface area contributed by atoms with Crippen molar-refractivity contribution in [3.05, 3.63) is 53.0 Å². The molecule has 1 aromatic carbocycles. The van der Waals surface area contributed by atoms with Crippen molar-refractivity contribution in [3.63, 3.8) is 0 Å². The highest BCUT2D eigenvalue weighted by molar-refractivity contribution is 5.91. The number of hydrogen-bond acceptors (Lipinski definition) is 8. The van der Waals surface area contributed by atoms with Gasteiger partial charge in [-0.15, -0.1) is 0 Å². The Morgan fingerprint density at radius 1 is 1.14 bits per heavy atom. The van der Waals surface area contributed by atoms with Crippen LogP contribution in [0.3, 0.4) is 0 Å². The molecule has 0 unspecified atom stereocenters. The Hall–Kier alpha value is -3.78. The molecular formula is C31H37F2N7O2. The molecule has 0 saturated carbocycles. The van der Waals surface area contributed by atoms with Crippen LogP contribution in [-0.4, -0.2) is 84.1 Å². The van der Waals surface area contributed by atoms with Gasteiger partial charge in [-0.2, -0.15) is 15.2 Å².